The monoisotopic (exact) mass is 548 g/mol. The first-order valence-electron chi connectivity index (χ1n) is 12.8. The number of ether oxygens (including phenoxy) is 1. The summed E-state index contributed by atoms with van der Waals surface area (Å²) in [5.74, 6) is -1.11. The lowest BCUT2D eigenvalue weighted by Gasteiger charge is -2.34. The summed E-state index contributed by atoms with van der Waals surface area (Å²) in [5.41, 5.74) is 0.456. The van der Waals surface area contributed by atoms with E-state index < -0.39 is 34.5 Å². The third-order valence-electron chi connectivity index (χ3n) is 6.71. The van der Waals surface area contributed by atoms with Crippen LogP contribution in [0.5, 0.6) is 5.75 Å². The average molecular weight is 549 g/mol. The van der Waals surface area contributed by atoms with E-state index in [2.05, 4.69) is 5.32 Å². The minimum atomic E-state index is -4.24. The highest BCUT2D eigenvalue weighted by atomic mass is 32.2. The molecule has 0 heterocycles. The van der Waals surface area contributed by atoms with Crippen LogP contribution in [0.25, 0.3) is 0 Å². The number of methoxy groups -OCH3 is 1. The molecule has 0 aromatic heterocycles. The van der Waals surface area contributed by atoms with Crippen LogP contribution in [0, 0.1) is 5.82 Å². The van der Waals surface area contributed by atoms with Gasteiger partial charge in [-0.1, -0.05) is 44.0 Å². The summed E-state index contributed by atoms with van der Waals surface area (Å²) in [6.45, 7) is 1.16. The lowest BCUT2D eigenvalue weighted by molar-refractivity contribution is -0.140. The summed E-state index contributed by atoms with van der Waals surface area (Å²) in [5, 5.41) is 3.06. The van der Waals surface area contributed by atoms with Gasteiger partial charge in [-0.05, 0) is 49.1 Å². The molecule has 1 fully saturated rings. The standard InChI is InChI=1S/C27H37FN4O5S/c1-5-24(27(34)29-21-12-6-7-13-21)31(18-20-11-10-14-22(17-20)37-4)26(33)19-32(38(35,36)30(2)3)25-16-9-8-15-23(25)28/h8-11,14-17,21,24H,5-7,12-13,18-19H2,1-4H3,(H,29,34)/t24-/m0/s1. The molecule has 1 aliphatic rings. The van der Waals surface area contributed by atoms with Crippen molar-refractivity contribution in [3.05, 3.63) is 59.9 Å². The van der Waals surface area contributed by atoms with E-state index in [1.165, 1.54) is 44.3 Å². The number of hydrogen-bond donors (Lipinski definition) is 1. The van der Waals surface area contributed by atoms with Gasteiger partial charge in [0.05, 0.1) is 12.8 Å². The van der Waals surface area contributed by atoms with Crippen molar-refractivity contribution >= 4 is 27.7 Å². The summed E-state index contributed by atoms with van der Waals surface area (Å²) in [4.78, 5) is 28.6. The zero-order valence-electron chi connectivity index (χ0n) is 22.4. The van der Waals surface area contributed by atoms with Crippen LogP contribution in [0.2, 0.25) is 0 Å². The number of nitrogens with zero attached hydrogens (tertiary/aromatic N) is 3. The summed E-state index contributed by atoms with van der Waals surface area (Å²) in [6, 6.07) is 11.7. The van der Waals surface area contributed by atoms with Crippen LogP contribution in [0.15, 0.2) is 48.5 Å². The molecule has 1 aliphatic carbocycles. The maximum Gasteiger partial charge on any atom is 0.304 e. The fraction of sp³-hybridized carbons (Fsp3) is 0.481. The summed E-state index contributed by atoms with van der Waals surface area (Å²) in [7, 11) is -0.0851. The summed E-state index contributed by atoms with van der Waals surface area (Å²) in [6.07, 6.45) is 4.15. The van der Waals surface area contributed by atoms with Gasteiger partial charge in [0.25, 0.3) is 0 Å². The van der Waals surface area contributed by atoms with Gasteiger partial charge < -0.3 is 15.0 Å². The van der Waals surface area contributed by atoms with Crippen molar-refractivity contribution in [1.82, 2.24) is 14.5 Å². The van der Waals surface area contributed by atoms with Crippen LogP contribution in [-0.2, 0) is 26.3 Å². The number of carbonyl (C=O) groups excluding carboxylic acids is 2. The Balaban J connectivity index is 1.99. The quantitative estimate of drug-likeness (QED) is 0.439. The molecule has 0 bridgehead atoms. The first-order chi connectivity index (χ1) is 18.1. The molecule has 0 saturated heterocycles. The molecule has 2 aromatic rings. The lowest BCUT2D eigenvalue weighted by Crippen LogP contribution is -2.54. The molecule has 9 nitrogen and oxygen atoms in total. The van der Waals surface area contributed by atoms with Gasteiger partial charge >= 0.3 is 10.2 Å². The minimum absolute atomic E-state index is 0.0414. The Morgan fingerprint density at radius 1 is 1.11 bits per heavy atom. The zero-order valence-corrected chi connectivity index (χ0v) is 23.2. The summed E-state index contributed by atoms with van der Waals surface area (Å²) < 4.78 is 48.1. The van der Waals surface area contributed by atoms with Crippen LogP contribution in [0.1, 0.15) is 44.6 Å². The predicted molar refractivity (Wildman–Crippen MR) is 144 cm³/mol. The van der Waals surface area contributed by atoms with Gasteiger partial charge in [0.15, 0.2) is 0 Å². The molecule has 11 heteroatoms. The number of carbonyl (C=O) groups is 2. The SMILES string of the molecule is CC[C@@H](C(=O)NC1CCCC1)N(Cc1cccc(OC)c1)C(=O)CN(c1ccccc1F)S(=O)(=O)N(C)C. The number of hydrogen-bond acceptors (Lipinski definition) is 5. The molecule has 1 N–H and O–H groups in total. The van der Waals surface area contributed by atoms with E-state index >= 15 is 0 Å². The summed E-state index contributed by atoms with van der Waals surface area (Å²) >= 11 is 0. The van der Waals surface area contributed by atoms with Crippen molar-refractivity contribution in [3.8, 4) is 5.75 Å². The van der Waals surface area contributed by atoms with E-state index in [1.54, 1.807) is 31.2 Å². The largest absolute Gasteiger partial charge is 0.497 e. The number of benzene rings is 2. The zero-order chi connectivity index (χ0) is 27.9. The highest BCUT2D eigenvalue weighted by Gasteiger charge is 2.35. The lowest BCUT2D eigenvalue weighted by atomic mass is 10.1. The van der Waals surface area contributed by atoms with E-state index in [4.69, 9.17) is 4.74 Å². The number of para-hydroxylation sites is 1. The second kappa shape index (κ2) is 13.1. The van der Waals surface area contributed by atoms with Crippen molar-refractivity contribution in [3.63, 3.8) is 0 Å². The van der Waals surface area contributed by atoms with E-state index in [1.807, 2.05) is 0 Å². The fourth-order valence-corrected chi connectivity index (χ4v) is 5.67. The molecule has 0 spiro atoms. The van der Waals surface area contributed by atoms with Gasteiger partial charge in [0.2, 0.25) is 11.8 Å². The maximum atomic E-state index is 14.8. The number of halogens is 1. The van der Waals surface area contributed by atoms with E-state index in [-0.39, 0.29) is 24.2 Å². The van der Waals surface area contributed by atoms with Gasteiger partial charge in [-0.25, -0.2) is 8.70 Å². The molecule has 2 aromatic carbocycles. The number of nitrogens with one attached hydrogen (secondary N) is 1. The van der Waals surface area contributed by atoms with Crippen LogP contribution < -0.4 is 14.4 Å². The normalized spacial score (nSPS) is 14.8. The molecule has 2 amide bonds. The highest BCUT2D eigenvalue weighted by molar-refractivity contribution is 7.90. The van der Waals surface area contributed by atoms with Gasteiger partial charge in [-0.15, -0.1) is 0 Å². The Labute approximate surface area is 224 Å². The van der Waals surface area contributed by atoms with Crippen molar-refractivity contribution in [2.45, 2.75) is 57.7 Å². The number of anilines is 1. The third-order valence-corrected chi connectivity index (χ3v) is 8.52. The van der Waals surface area contributed by atoms with Gasteiger partial charge in [0.1, 0.15) is 24.2 Å². The molecule has 208 valence electrons. The fourth-order valence-electron chi connectivity index (χ4n) is 4.61. The molecule has 1 atom stereocenters. The third kappa shape index (κ3) is 7.02. The van der Waals surface area contributed by atoms with E-state index in [0.717, 1.165) is 40.4 Å². The Morgan fingerprint density at radius 3 is 2.39 bits per heavy atom. The second-order valence-corrected chi connectivity index (χ2v) is 11.6. The second-order valence-electron chi connectivity index (χ2n) is 9.54. The van der Waals surface area contributed by atoms with Gasteiger partial charge in [-0.3, -0.25) is 9.59 Å². The van der Waals surface area contributed by atoms with Crippen molar-refractivity contribution in [2.75, 3.05) is 32.1 Å². The van der Waals surface area contributed by atoms with Crippen LogP contribution >= 0.6 is 0 Å². The number of rotatable bonds is 12. The van der Waals surface area contributed by atoms with Crippen molar-refractivity contribution in [2.24, 2.45) is 0 Å². The Kier molecular flexibility index (Phi) is 10.1. The van der Waals surface area contributed by atoms with Gasteiger partial charge in [0, 0.05) is 26.7 Å². The Hall–Kier alpha value is -3.18. The highest BCUT2D eigenvalue weighted by Crippen LogP contribution is 2.25. The number of amides is 2. The molecule has 0 radical (unpaired) electrons. The van der Waals surface area contributed by atoms with E-state index in [0.29, 0.717) is 17.7 Å². The Bertz CT molecular complexity index is 1220. The smallest absolute Gasteiger partial charge is 0.304 e. The first kappa shape index (κ1) is 29.4. The molecule has 0 aliphatic heterocycles. The molecule has 3 rings (SSSR count). The van der Waals surface area contributed by atoms with Crippen LogP contribution in [0.4, 0.5) is 10.1 Å². The maximum absolute atomic E-state index is 14.8. The topological polar surface area (TPSA) is 99.3 Å². The average Bonchev–Trinajstić information content (AvgIpc) is 3.40. The molecule has 1 saturated carbocycles. The molecule has 0 unspecified atom stereocenters. The predicted octanol–water partition coefficient (Wildman–Crippen LogP) is 3.31. The molecule has 38 heavy (non-hydrogen) atoms. The van der Waals surface area contributed by atoms with Crippen LogP contribution in [0.3, 0.4) is 0 Å². The molecular formula is C27H37FN4O5S. The van der Waals surface area contributed by atoms with Crippen molar-refractivity contribution in [1.29, 1.82) is 0 Å². The Morgan fingerprint density at radius 2 is 1.79 bits per heavy atom. The van der Waals surface area contributed by atoms with Crippen molar-refractivity contribution < 1.29 is 27.1 Å². The van der Waals surface area contributed by atoms with Gasteiger partial charge in [-0.2, -0.15) is 12.7 Å². The van der Waals surface area contributed by atoms with Crippen LogP contribution in [-0.4, -0.2) is 69.3 Å². The van der Waals surface area contributed by atoms with E-state index in [9.17, 15) is 22.4 Å². The first-order valence-corrected chi connectivity index (χ1v) is 14.2. The molecular weight excluding hydrogens is 511 g/mol. The minimum Gasteiger partial charge on any atom is -0.497 e.